The molecule has 0 aliphatic carbocycles. The van der Waals surface area contributed by atoms with E-state index in [9.17, 15) is 4.79 Å². The van der Waals surface area contributed by atoms with Crippen molar-refractivity contribution in [1.82, 2.24) is 15.5 Å². The van der Waals surface area contributed by atoms with Crippen LogP contribution in [0.1, 0.15) is 39.9 Å². The Labute approximate surface area is 156 Å². The molecule has 7 heteroatoms. The third kappa shape index (κ3) is 4.00. The molecule has 0 radical (unpaired) electrons. The monoisotopic (exact) mass is 371 g/mol. The van der Waals surface area contributed by atoms with Crippen LogP contribution in [0.5, 0.6) is 0 Å². The first kappa shape index (κ1) is 18.3. The minimum Gasteiger partial charge on any atom is -0.384 e. The van der Waals surface area contributed by atoms with E-state index < -0.39 is 0 Å². The number of amides is 1. The van der Waals surface area contributed by atoms with Crippen molar-refractivity contribution < 1.29 is 14.1 Å². The van der Waals surface area contributed by atoms with Crippen molar-refractivity contribution in [1.29, 1.82) is 0 Å². The van der Waals surface area contributed by atoms with Crippen LogP contribution in [0, 0.1) is 6.92 Å². The molecule has 0 spiro atoms. The van der Waals surface area contributed by atoms with Crippen LogP contribution in [0.4, 0.5) is 0 Å². The second kappa shape index (κ2) is 8.25. The lowest BCUT2D eigenvalue weighted by atomic mass is 10.0. The molecular formula is C19H21N3O3S. The smallest absolute Gasteiger partial charge is 0.253 e. The Morgan fingerprint density at radius 2 is 2.12 bits per heavy atom. The normalized spacial score (nSPS) is 12.1. The van der Waals surface area contributed by atoms with Gasteiger partial charge in [0.2, 0.25) is 5.89 Å². The van der Waals surface area contributed by atoms with Crippen LogP contribution in [0.15, 0.2) is 40.2 Å². The molecule has 1 atom stereocenters. The maximum Gasteiger partial charge on any atom is 0.253 e. The fourth-order valence-corrected chi connectivity index (χ4v) is 3.53. The van der Waals surface area contributed by atoms with Crippen molar-refractivity contribution in [2.75, 3.05) is 13.7 Å². The number of rotatable bonds is 7. The molecule has 1 N–H and O–H groups in total. The van der Waals surface area contributed by atoms with E-state index in [1.54, 1.807) is 18.4 Å². The molecule has 1 amide bonds. The first-order chi connectivity index (χ1) is 12.6. The lowest BCUT2D eigenvalue weighted by molar-refractivity contribution is 0.0933. The molecule has 0 saturated carbocycles. The molecule has 1 aromatic carbocycles. The molecule has 6 nitrogen and oxygen atoms in total. The number of ether oxygens (including phenoxy) is 1. The van der Waals surface area contributed by atoms with E-state index in [0.717, 1.165) is 16.0 Å². The van der Waals surface area contributed by atoms with E-state index in [4.69, 9.17) is 9.26 Å². The first-order valence-electron chi connectivity index (χ1n) is 8.36. The number of nitrogens with one attached hydrogen (secondary N) is 1. The quantitative estimate of drug-likeness (QED) is 0.684. The molecule has 0 unspecified atom stereocenters. The number of benzene rings is 1. The predicted molar refractivity (Wildman–Crippen MR) is 100 cm³/mol. The molecule has 26 heavy (non-hydrogen) atoms. The average molecular weight is 371 g/mol. The summed E-state index contributed by atoms with van der Waals surface area (Å²) in [4.78, 5) is 18.2. The maximum atomic E-state index is 12.8. The van der Waals surface area contributed by atoms with Crippen molar-refractivity contribution in [3.8, 4) is 11.1 Å². The number of aromatic nitrogens is 2. The van der Waals surface area contributed by atoms with Crippen LogP contribution < -0.4 is 5.32 Å². The van der Waals surface area contributed by atoms with Crippen molar-refractivity contribution in [3.63, 3.8) is 0 Å². The highest BCUT2D eigenvalue weighted by Crippen LogP contribution is 2.32. The van der Waals surface area contributed by atoms with Gasteiger partial charge in [0.1, 0.15) is 6.04 Å². The van der Waals surface area contributed by atoms with Crippen LogP contribution in [-0.2, 0) is 11.2 Å². The van der Waals surface area contributed by atoms with Crippen LogP contribution in [-0.4, -0.2) is 29.8 Å². The van der Waals surface area contributed by atoms with Gasteiger partial charge in [-0.05, 0) is 19.4 Å². The molecule has 2 heterocycles. The number of hydrogen-bond donors (Lipinski definition) is 1. The molecule has 3 rings (SSSR count). The van der Waals surface area contributed by atoms with Crippen LogP contribution in [0.2, 0.25) is 0 Å². The van der Waals surface area contributed by atoms with Gasteiger partial charge in [-0.25, -0.2) is 0 Å². The molecule has 0 aliphatic heterocycles. The van der Waals surface area contributed by atoms with Gasteiger partial charge in [-0.3, -0.25) is 4.79 Å². The minimum absolute atomic E-state index is 0.155. The van der Waals surface area contributed by atoms with Crippen LogP contribution >= 0.6 is 11.3 Å². The molecule has 0 saturated heterocycles. The number of carbonyl (C=O) groups excluding carboxylic acids is 1. The third-order valence-electron chi connectivity index (χ3n) is 4.01. The number of hydrogen-bond acceptors (Lipinski definition) is 6. The largest absolute Gasteiger partial charge is 0.384 e. The average Bonchev–Trinajstić information content (AvgIpc) is 3.27. The summed E-state index contributed by atoms with van der Waals surface area (Å²) in [7, 11) is 1.62. The minimum atomic E-state index is -0.380. The Bertz CT molecular complexity index is 873. The molecule has 136 valence electrons. The summed E-state index contributed by atoms with van der Waals surface area (Å²) in [6.07, 6.45) is 0.572. The fraction of sp³-hybridized carbons (Fsp3) is 0.316. The molecule has 0 bridgehead atoms. The zero-order chi connectivity index (χ0) is 18.5. The Balaban J connectivity index is 1.75. The van der Waals surface area contributed by atoms with Crippen molar-refractivity contribution in [3.05, 3.63) is 57.9 Å². The van der Waals surface area contributed by atoms with Gasteiger partial charge in [-0.1, -0.05) is 35.5 Å². The van der Waals surface area contributed by atoms with E-state index >= 15 is 0 Å². The van der Waals surface area contributed by atoms with Gasteiger partial charge in [0.05, 0.1) is 12.2 Å². The number of carbonyl (C=O) groups is 1. The summed E-state index contributed by atoms with van der Waals surface area (Å²) in [6, 6.07) is 9.54. The van der Waals surface area contributed by atoms with Crippen molar-refractivity contribution >= 4 is 17.2 Å². The number of nitrogens with zero attached hydrogens (tertiary/aromatic N) is 2. The van der Waals surface area contributed by atoms with Gasteiger partial charge >= 0.3 is 0 Å². The molecule has 3 aromatic rings. The lowest BCUT2D eigenvalue weighted by Gasteiger charge is -2.11. The highest BCUT2D eigenvalue weighted by Gasteiger charge is 2.21. The van der Waals surface area contributed by atoms with Crippen LogP contribution in [0.3, 0.4) is 0 Å². The highest BCUT2D eigenvalue weighted by molar-refractivity contribution is 7.10. The zero-order valence-electron chi connectivity index (χ0n) is 15.0. The second-order valence-electron chi connectivity index (χ2n) is 5.93. The number of methoxy groups -OCH3 is 1. The van der Waals surface area contributed by atoms with Crippen molar-refractivity contribution in [2.24, 2.45) is 0 Å². The van der Waals surface area contributed by atoms with Gasteiger partial charge in [-0.2, -0.15) is 4.98 Å². The Hall–Kier alpha value is -2.51. The SMILES string of the molecule is COCCc1noc([C@H](C)NC(=O)c2csc(C)c2-c2ccccc2)n1. The van der Waals surface area contributed by atoms with Crippen LogP contribution in [0.25, 0.3) is 11.1 Å². The van der Waals surface area contributed by atoms with Gasteiger partial charge in [-0.15, -0.1) is 11.3 Å². The maximum absolute atomic E-state index is 12.8. The van der Waals surface area contributed by atoms with Gasteiger partial charge in [0, 0.05) is 29.4 Å². The highest BCUT2D eigenvalue weighted by atomic mass is 32.1. The zero-order valence-corrected chi connectivity index (χ0v) is 15.8. The Kier molecular flexibility index (Phi) is 5.80. The lowest BCUT2D eigenvalue weighted by Crippen LogP contribution is -2.27. The van der Waals surface area contributed by atoms with E-state index in [1.165, 1.54) is 0 Å². The first-order valence-corrected chi connectivity index (χ1v) is 9.24. The second-order valence-corrected chi connectivity index (χ2v) is 7.02. The molecular weight excluding hydrogens is 350 g/mol. The summed E-state index contributed by atoms with van der Waals surface area (Å²) in [6.45, 7) is 4.37. The summed E-state index contributed by atoms with van der Waals surface area (Å²) in [5, 5.41) is 8.74. The topological polar surface area (TPSA) is 77.3 Å². The molecule has 0 aliphatic rings. The van der Waals surface area contributed by atoms with Gasteiger partial charge in [0.25, 0.3) is 5.91 Å². The predicted octanol–water partition coefficient (Wildman–Crippen LogP) is 3.79. The number of aryl methyl sites for hydroxylation is 1. The summed E-state index contributed by atoms with van der Waals surface area (Å²) < 4.78 is 10.3. The number of thiophene rings is 1. The summed E-state index contributed by atoms with van der Waals surface area (Å²) in [5.74, 6) is 0.800. The summed E-state index contributed by atoms with van der Waals surface area (Å²) in [5.41, 5.74) is 2.65. The Morgan fingerprint density at radius 3 is 2.85 bits per heavy atom. The summed E-state index contributed by atoms with van der Waals surface area (Å²) >= 11 is 1.56. The Morgan fingerprint density at radius 1 is 1.35 bits per heavy atom. The van der Waals surface area contributed by atoms with Crippen molar-refractivity contribution in [2.45, 2.75) is 26.3 Å². The molecule has 0 fully saturated rings. The van der Waals surface area contributed by atoms with Gasteiger partial charge in [0.15, 0.2) is 5.82 Å². The van der Waals surface area contributed by atoms with Gasteiger partial charge < -0.3 is 14.6 Å². The van der Waals surface area contributed by atoms with E-state index in [1.807, 2.05) is 49.6 Å². The fourth-order valence-electron chi connectivity index (χ4n) is 2.66. The van der Waals surface area contributed by atoms with E-state index in [-0.39, 0.29) is 11.9 Å². The molecule has 2 aromatic heterocycles. The van der Waals surface area contributed by atoms with E-state index in [2.05, 4.69) is 15.5 Å². The standard InChI is InChI=1S/C19H21N3O3S/c1-12(19-21-16(22-25-19)9-10-24-3)20-18(23)15-11-26-13(2)17(15)14-7-5-4-6-8-14/h4-8,11-12H,9-10H2,1-3H3,(H,20,23)/t12-/m0/s1. The third-order valence-corrected chi connectivity index (χ3v) is 4.92. The van der Waals surface area contributed by atoms with E-state index in [0.29, 0.717) is 30.3 Å².